The maximum absolute atomic E-state index is 2.56. The van der Waals surface area contributed by atoms with Gasteiger partial charge in [-0.1, -0.05) is 262 Å². The zero-order valence-electron chi connectivity index (χ0n) is 50.8. The summed E-state index contributed by atoms with van der Waals surface area (Å²) in [7, 11) is 0. The second-order valence-corrected chi connectivity index (χ2v) is 27.3. The smallest absolute Gasteiger partial charge is 0.0726 e. The Hall–Kier alpha value is -11.0. The Balaban J connectivity index is 0.705. The number of benzene rings is 14. The third-order valence-electron chi connectivity index (χ3n) is 21.5. The van der Waals surface area contributed by atoms with Gasteiger partial charge in [-0.2, -0.15) is 0 Å². The molecule has 0 saturated heterocycles. The number of anilines is 6. The summed E-state index contributed by atoms with van der Waals surface area (Å²) in [5, 5.41) is 0. The average molecular weight is 1190 g/mol. The molecule has 6 aliphatic rings. The molecule has 2 nitrogen and oxygen atoms in total. The van der Waals surface area contributed by atoms with Crippen LogP contribution in [0.25, 0.3) is 77.9 Å². The van der Waals surface area contributed by atoms with Crippen LogP contribution in [0.15, 0.2) is 325 Å². The van der Waals surface area contributed by atoms with Crippen LogP contribution in [0.3, 0.4) is 0 Å². The number of fused-ring (bicyclic) bond motifs is 24. The minimum Gasteiger partial charge on any atom is -0.310 e. The van der Waals surface area contributed by atoms with E-state index in [0.29, 0.717) is 0 Å². The van der Waals surface area contributed by atoms with E-state index in [4.69, 9.17) is 0 Å². The highest BCUT2D eigenvalue weighted by Gasteiger charge is 2.54. The van der Waals surface area contributed by atoms with Crippen LogP contribution in [-0.4, -0.2) is 0 Å². The summed E-state index contributed by atoms with van der Waals surface area (Å²) >= 11 is 1.87. The van der Waals surface area contributed by atoms with E-state index in [0.717, 1.165) is 11.4 Å². The first-order valence-corrected chi connectivity index (χ1v) is 33.0. The quantitative estimate of drug-likeness (QED) is 0.170. The van der Waals surface area contributed by atoms with Crippen LogP contribution < -0.4 is 9.80 Å². The molecule has 14 aromatic rings. The van der Waals surface area contributed by atoms with E-state index in [1.165, 1.54) is 166 Å². The van der Waals surface area contributed by atoms with E-state index in [-0.39, 0.29) is 5.41 Å². The predicted octanol–water partition coefficient (Wildman–Crippen LogP) is 23.4. The van der Waals surface area contributed by atoms with Crippen LogP contribution in [0.5, 0.6) is 0 Å². The number of para-hydroxylation sites is 1. The fraction of sp³-hybridized carbons (Fsp3) is 0.0562. The van der Waals surface area contributed by atoms with Crippen molar-refractivity contribution in [3.05, 3.63) is 371 Å². The van der Waals surface area contributed by atoms with Crippen molar-refractivity contribution in [1.29, 1.82) is 0 Å². The van der Waals surface area contributed by atoms with Gasteiger partial charge < -0.3 is 9.80 Å². The minimum atomic E-state index is -0.459. The van der Waals surface area contributed by atoms with Crippen LogP contribution in [0.2, 0.25) is 0 Å². The monoisotopic (exact) mass is 1190 g/mol. The summed E-state index contributed by atoms with van der Waals surface area (Å²) in [4.78, 5) is 7.54. The molecule has 20 rings (SSSR count). The molecule has 2 aliphatic heterocycles. The van der Waals surface area contributed by atoms with E-state index in [1.807, 2.05) is 11.8 Å². The van der Waals surface area contributed by atoms with Gasteiger partial charge in [0.05, 0.1) is 33.6 Å². The van der Waals surface area contributed by atoms with Crippen LogP contribution in [-0.2, 0) is 16.2 Å². The molecule has 0 radical (unpaired) electrons. The van der Waals surface area contributed by atoms with Gasteiger partial charge in [0, 0.05) is 26.6 Å². The highest BCUT2D eigenvalue weighted by molar-refractivity contribution is 7.99. The Morgan fingerprint density at radius 2 is 0.554 bits per heavy atom. The zero-order valence-corrected chi connectivity index (χ0v) is 51.6. The number of rotatable bonds is 5. The van der Waals surface area contributed by atoms with Crippen molar-refractivity contribution in [2.75, 3.05) is 9.80 Å². The molecule has 430 valence electrons. The predicted molar refractivity (Wildman–Crippen MR) is 381 cm³/mol. The molecule has 4 aliphatic carbocycles. The second kappa shape index (κ2) is 19.0. The van der Waals surface area contributed by atoms with Crippen molar-refractivity contribution in [3.8, 4) is 77.9 Å². The molecule has 2 spiro atoms. The van der Waals surface area contributed by atoms with Gasteiger partial charge in [0.25, 0.3) is 0 Å². The standard InChI is InChI=1S/C89H58N2S/c1-87(2)79-50-58(55-21-4-3-5-22-55)39-46-81(79)90(61-42-44-69-67-29-10-16-35-75(67)88(77(69)53-61)71-31-12-6-25-63(71)64-26-7-13-32-72(64)88)82-47-40-59(51-80(82)87)56-23-20-24-57(49-56)60-41-48-84-86(52-60)92-85-38-19-18-37-83(85)91(84)62-43-45-70-68-30-11-17-36-76(68)89(78(70)54-62)73-33-14-8-27-65(73)66-28-9-15-34-74(66)89/h3-54H,1-2H3. The topological polar surface area (TPSA) is 6.48 Å². The molecular formula is C89H58N2S. The highest BCUT2D eigenvalue weighted by atomic mass is 32.2. The summed E-state index contributed by atoms with van der Waals surface area (Å²) < 4.78 is 0. The third kappa shape index (κ3) is 6.85. The molecule has 0 amide bonds. The molecule has 0 unspecified atom stereocenters. The van der Waals surface area contributed by atoms with Gasteiger partial charge in [-0.05, 0) is 212 Å². The van der Waals surface area contributed by atoms with E-state index in [2.05, 4.69) is 339 Å². The normalized spacial score (nSPS) is 15.0. The zero-order chi connectivity index (χ0) is 60.6. The molecule has 3 heteroatoms. The summed E-state index contributed by atoms with van der Waals surface area (Å²) in [6.45, 7) is 4.85. The van der Waals surface area contributed by atoms with Gasteiger partial charge in [-0.3, -0.25) is 0 Å². The summed E-state index contributed by atoms with van der Waals surface area (Å²) in [6, 6.07) is 120. The first-order valence-electron chi connectivity index (χ1n) is 32.2. The lowest BCUT2D eigenvalue weighted by atomic mass is 9.70. The number of nitrogens with zero attached hydrogens (tertiary/aromatic N) is 2. The lowest BCUT2D eigenvalue weighted by molar-refractivity contribution is 0.632. The van der Waals surface area contributed by atoms with Crippen molar-refractivity contribution in [3.63, 3.8) is 0 Å². The van der Waals surface area contributed by atoms with Crippen LogP contribution >= 0.6 is 11.8 Å². The highest BCUT2D eigenvalue weighted by Crippen LogP contribution is 2.66. The summed E-state index contributed by atoms with van der Waals surface area (Å²) in [6.07, 6.45) is 0. The Morgan fingerprint density at radius 1 is 0.217 bits per heavy atom. The lowest BCUT2D eigenvalue weighted by Gasteiger charge is -2.43. The molecule has 0 bridgehead atoms. The van der Waals surface area contributed by atoms with Crippen LogP contribution in [0, 0.1) is 0 Å². The van der Waals surface area contributed by atoms with Gasteiger partial charge in [0.2, 0.25) is 0 Å². The Morgan fingerprint density at radius 3 is 1.02 bits per heavy atom. The second-order valence-electron chi connectivity index (χ2n) is 26.2. The maximum Gasteiger partial charge on any atom is 0.0726 e. The van der Waals surface area contributed by atoms with Crippen LogP contribution in [0.4, 0.5) is 34.1 Å². The molecule has 14 aromatic carbocycles. The fourth-order valence-electron chi connectivity index (χ4n) is 17.5. The van der Waals surface area contributed by atoms with Crippen molar-refractivity contribution < 1.29 is 0 Å². The maximum atomic E-state index is 2.56. The van der Waals surface area contributed by atoms with E-state index in [1.54, 1.807) is 0 Å². The summed E-state index contributed by atoms with van der Waals surface area (Å²) in [5.41, 5.74) is 36.9. The van der Waals surface area contributed by atoms with Gasteiger partial charge >= 0.3 is 0 Å². The van der Waals surface area contributed by atoms with Gasteiger partial charge in [0.15, 0.2) is 0 Å². The fourth-order valence-corrected chi connectivity index (χ4v) is 18.6. The first-order chi connectivity index (χ1) is 45.4. The van der Waals surface area contributed by atoms with Crippen molar-refractivity contribution in [2.24, 2.45) is 0 Å². The largest absolute Gasteiger partial charge is 0.310 e. The Labute approximate surface area is 541 Å². The Kier molecular flexibility index (Phi) is 10.7. The minimum absolute atomic E-state index is 0.357. The first kappa shape index (κ1) is 51.9. The van der Waals surface area contributed by atoms with E-state index < -0.39 is 10.8 Å². The molecule has 0 saturated carbocycles. The molecular weight excluding hydrogens is 1130 g/mol. The summed E-state index contributed by atoms with van der Waals surface area (Å²) in [5.74, 6) is 0. The third-order valence-corrected chi connectivity index (χ3v) is 22.6. The number of hydrogen-bond donors (Lipinski definition) is 0. The average Bonchev–Trinajstić information content (AvgIpc) is 1.50. The Bertz CT molecular complexity index is 5390. The SMILES string of the molecule is CC1(C)c2cc(-c3ccccc3)ccc2N(c2ccc3c(c2)C2(c4ccccc4-c4ccccc42)c2ccccc2-3)c2ccc(-c3cccc(-c4ccc5c(c4)Sc4ccccc4N5c4ccc5c(c4)C4(c6ccccc6-c6ccccc64)c4ccccc4-5)c3)cc21. The van der Waals surface area contributed by atoms with E-state index in [9.17, 15) is 0 Å². The van der Waals surface area contributed by atoms with Gasteiger partial charge in [0.1, 0.15) is 0 Å². The van der Waals surface area contributed by atoms with Gasteiger partial charge in [-0.25, -0.2) is 0 Å². The van der Waals surface area contributed by atoms with E-state index >= 15 is 0 Å². The molecule has 0 fully saturated rings. The van der Waals surface area contributed by atoms with Gasteiger partial charge in [-0.15, -0.1) is 0 Å². The molecule has 2 heterocycles. The molecule has 92 heavy (non-hydrogen) atoms. The lowest BCUT2D eigenvalue weighted by Crippen LogP contribution is -2.31. The molecule has 0 atom stereocenters. The van der Waals surface area contributed by atoms with Crippen molar-refractivity contribution >= 4 is 45.9 Å². The molecule has 0 N–H and O–H groups in total. The van der Waals surface area contributed by atoms with Crippen molar-refractivity contribution in [1.82, 2.24) is 0 Å². The van der Waals surface area contributed by atoms with Crippen molar-refractivity contribution in [2.45, 2.75) is 39.9 Å². The number of hydrogen-bond acceptors (Lipinski definition) is 3. The molecule has 0 aromatic heterocycles. The van der Waals surface area contributed by atoms with Crippen LogP contribution in [0.1, 0.15) is 69.5 Å².